The number of aromatic nitrogens is 1. The molecule has 0 saturated carbocycles. The number of piperazine rings is 1. The molecule has 0 radical (unpaired) electrons. The number of allylic oxidation sites excluding steroid dienone is 4. The Labute approximate surface area is 451 Å². The lowest BCUT2D eigenvalue weighted by molar-refractivity contribution is -0.123. The number of esters is 1. The molecular weight excluding hydrogens is 942 g/mol. The molecule has 1 fully saturated rings. The number of halogens is 1. The van der Waals surface area contributed by atoms with Gasteiger partial charge in [-0.2, -0.15) is 0 Å². The number of aliphatic hydroxyl groups is 1. The summed E-state index contributed by atoms with van der Waals surface area (Å²) in [5.41, 5.74) is 11.8. The van der Waals surface area contributed by atoms with Gasteiger partial charge in [0.2, 0.25) is 5.91 Å². The van der Waals surface area contributed by atoms with Crippen LogP contribution in [-0.2, 0) is 46.7 Å². The quantitative estimate of drug-likeness (QED) is 0.0406. The zero-order chi connectivity index (χ0) is 54.9. The number of rotatable bonds is 24. The molecule has 0 bridgehead atoms. The van der Waals surface area contributed by atoms with Crippen molar-refractivity contribution in [3.05, 3.63) is 122 Å². The molecule has 2 heterocycles. The van der Waals surface area contributed by atoms with E-state index in [4.69, 9.17) is 16.3 Å². The largest absolute Gasteiger partial charge is 0.455 e. The summed E-state index contributed by atoms with van der Waals surface area (Å²) in [5, 5.41) is 15.1. The average Bonchev–Trinajstić information content (AvgIpc) is 3.66. The molecule has 2 N–H and O–H groups in total. The van der Waals surface area contributed by atoms with Gasteiger partial charge in [0.1, 0.15) is 17.1 Å². The summed E-state index contributed by atoms with van der Waals surface area (Å²) in [4.78, 5) is 45.6. The number of carbonyl (C=O) groups is 3. The standard InChI is InChI=1S/C54H76ClN5O4.C9H18O/c1-13-38(5)49(39(6)57(11)12)50-47(55)24-23-46-45(20-15-14-18-41-19-16-17-37(4)32-41)52(53(63)64-54(8,9)10)60(51(46)50)30-29-58-25-27-59(28-26-58)35-48(62)56-34-42-21-22-44(40(7)61)43(33-42)31-36(2)3;1-4-6-7-8(3)9(10)5-2/h13,16-17,19,21-24,32-33,36,40,61H,14-15,18,20,25-31,34-35H2,1-12H3,(H,56,62);8H,4-7H2,1-3H3/b38-13-,49-39+;. The van der Waals surface area contributed by atoms with Crippen LogP contribution in [0.1, 0.15) is 177 Å². The van der Waals surface area contributed by atoms with E-state index in [2.05, 4.69) is 130 Å². The molecule has 408 valence electrons. The van der Waals surface area contributed by atoms with Crippen LogP contribution in [-0.4, -0.2) is 101 Å². The van der Waals surface area contributed by atoms with Crippen molar-refractivity contribution in [2.75, 3.05) is 53.4 Å². The van der Waals surface area contributed by atoms with Crippen LogP contribution >= 0.6 is 11.6 Å². The van der Waals surface area contributed by atoms with Crippen LogP contribution in [0, 0.1) is 18.8 Å². The zero-order valence-electron chi connectivity index (χ0n) is 48.3. The number of fused-ring (bicyclic) bond motifs is 1. The van der Waals surface area contributed by atoms with Gasteiger partial charge < -0.3 is 24.6 Å². The number of benzene rings is 3. The molecule has 1 aliphatic rings. The van der Waals surface area contributed by atoms with Gasteiger partial charge in [0, 0.05) is 94.5 Å². The minimum absolute atomic E-state index is 0.00314. The normalized spacial score (nSPS) is 14.9. The first-order valence-corrected chi connectivity index (χ1v) is 28.1. The minimum atomic E-state index is -0.683. The number of ether oxygens (including phenoxy) is 1. The summed E-state index contributed by atoms with van der Waals surface area (Å²) < 4.78 is 8.46. The second-order valence-corrected chi connectivity index (χ2v) is 22.8. The molecule has 4 aromatic rings. The van der Waals surface area contributed by atoms with Crippen LogP contribution in [0.3, 0.4) is 0 Å². The topological polar surface area (TPSA) is 107 Å². The van der Waals surface area contributed by atoms with Crippen LogP contribution < -0.4 is 5.32 Å². The molecule has 1 aromatic heterocycles. The number of ketones is 1. The maximum atomic E-state index is 14.6. The third kappa shape index (κ3) is 18.2. The molecule has 3 aromatic carbocycles. The van der Waals surface area contributed by atoms with Gasteiger partial charge in [-0.1, -0.05) is 119 Å². The molecule has 10 nitrogen and oxygen atoms in total. The number of Topliss-reactive ketones (excluding diaryl/α,β-unsaturated/α-hetero) is 1. The SMILES string of the molecule is C/C=C(C)\C(=C(\C)N(C)C)c1c(Cl)ccc2c(CCCCc3cccc(C)c3)c(C(=O)OC(C)(C)C)n(CCN3CCN(CC(=O)NCc4ccc(C(C)O)c(CC(C)C)c4)CC3)c12.CCCCC(C)C(=O)CC. The van der Waals surface area contributed by atoms with Gasteiger partial charge in [0.05, 0.1) is 23.2 Å². The van der Waals surface area contributed by atoms with Gasteiger partial charge >= 0.3 is 5.97 Å². The Kier molecular flexibility index (Phi) is 24.7. The molecule has 74 heavy (non-hydrogen) atoms. The molecule has 1 aliphatic heterocycles. The minimum Gasteiger partial charge on any atom is -0.455 e. The van der Waals surface area contributed by atoms with Crippen molar-refractivity contribution in [2.45, 2.75) is 173 Å². The Morgan fingerprint density at radius 2 is 1.55 bits per heavy atom. The molecule has 1 saturated heterocycles. The first kappa shape index (κ1) is 61.8. The van der Waals surface area contributed by atoms with E-state index in [0.717, 1.165) is 120 Å². The predicted octanol–water partition coefficient (Wildman–Crippen LogP) is 13.4. The zero-order valence-corrected chi connectivity index (χ0v) is 49.0. The number of nitrogens with zero attached hydrogens (tertiary/aromatic N) is 4. The molecule has 5 rings (SSSR count). The highest BCUT2D eigenvalue weighted by Gasteiger charge is 2.31. The van der Waals surface area contributed by atoms with E-state index in [1.54, 1.807) is 6.92 Å². The van der Waals surface area contributed by atoms with Gasteiger partial charge in [-0.15, -0.1) is 0 Å². The van der Waals surface area contributed by atoms with Crippen LogP contribution in [0.15, 0.2) is 71.9 Å². The highest BCUT2D eigenvalue weighted by molar-refractivity contribution is 6.34. The van der Waals surface area contributed by atoms with Crippen molar-refractivity contribution in [1.82, 2.24) is 24.6 Å². The number of aliphatic hydroxyl groups excluding tert-OH is 1. The lowest BCUT2D eigenvalue weighted by Gasteiger charge is -2.34. The van der Waals surface area contributed by atoms with Crippen LogP contribution in [0.5, 0.6) is 0 Å². The lowest BCUT2D eigenvalue weighted by atomic mass is 9.93. The summed E-state index contributed by atoms with van der Waals surface area (Å²) in [7, 11) is 4.11. The highest BCUT2D eigenvalue weighted by atomic mass is 35.5. The number of amides is 1. The Hall–Kier alpha value is -4.74. The van der Waals surface area contributed by atoms with Gasteiger partial charge in [-0.05, 0) is 139 Å². The average molecular weight is 1040 g/mol. The Morgan fingerprint density at radius 1 is 0.878 bits per heavy atom. The van der Waals surface area contributed by atoms with Gasteiger partial charge in [0.15, 0.2) is 0 Å². The fourth-order valence-corrected chi connectivity index (χ4v) is 10.2. The molecule has 0 spiro atoms. The Balaban J connectivity index is 0.00000107. The third-order valence-electron chi connectivity index (χ3n) is 14.3. The van der Waals surface area contributed by atoms with Gasteiger partial charge in [-0.3, -0.25) is 19.4 Å². The van der Waals surface area contributed by atoms with Crippen LogP contribution in [0.2, 0.25) is 5.02 Å². The van der Waals surface area contributed by atoms with Crippen molar-refractivity contribution in [3.8, 4) is 0 Å². The molecule has 0 aliphatic carbocycles. The Morgan fingerprint density at radius 3 is 2.15 bits per heavy atom. The summed E-state index contributed by atoms with van der Waals surface area (Å²) >= 11 is 7.31. The highest BCUT2D eigenvalue weighted by Crippen LogP contribution is 2.42. The van der Waals surface area contributed by atoms with E-state index in [1.165, 1.54) is 24.0 Å². The van der Waals surface area contributed by atoms with Crippen LogP contribution in [0.4, 0.5) is 0 Å². The lowest BCUT2D eigenvalue weighted by Crippen LogP contribution is -2.50. The van der Waals surface area contributed by atoms with E-state index >= 15 is 0 Å². The molecule has 1 amide bonds. The monoisotopic (exact) mass is 1040 g/mol. The first-order chi connectivity index (χ1) is 35.0. The van der Waals surface area contributed by atoms with Gasteiger partial charge in [0.25, 0.3) is 0 Å². The molecule has 2 unspecified atom stereocenters. The van der Waals surface area contributed by atoms with E-state index < -0.39 is 11.7 Å². The fraction of sp³-hybridized carbons (Fsp3) is 0.571. The molecule has 11 heteroatoms. The van der Waals surface area contributed by atoms with Crippen molar-refractivity contribution in [2.24, 2.45) is 11.8 Å². The number of hydrogen-bond acceptors (Lipinski definition) is 8. The van der Waals surface area contributed by atoms with Crippen molar-refractivity contribution < 1.29 is 24.2 Å². The first-order valence-electron chi connectivity index (χ1n) is 27.7. The summed E-state index contributed by atoms with van der Waals surface area (Å²) in [6.45, 7) is 31.7. The number of hydrogen-bond donors (Lipinski definition) is 2. The van der Waals surface area contributed by atoms with Crippen LogP contribution in [0.25, 0.3) is 16.5 Å². The van der Waals surface area contributed by atoms with Crippen molar-refractivity contribution in [3.63, 3.8) is 0 Å². The maximum Gasteiger partial charge on any atom is 0.355 e. The summed E-state index contributed by atoms with van der Waals surface area (Å²) in [5.74, 6) is 0.855. The fourth-order valence-electron chi connectivity index (χ4n) is 9.98. The van der Waals surface area contributed by atoms with E-state index in [0.29, 0.717) is 60.9 Å². The second-order valence-electron chi connectivity index (χ2n) is 22.4. The smallest absolute Gasteiger partial charge is 0.355 e. The van der Waals surface area contributed by atoms with E-state index in [1.807, 2.05) is 52.8 Å². The third-order valence-corrected chi connectivity index (χ3v) is 14.7. The predicted molar refractivity (Wildman–Crippen MR) is 310 cm³/mol. The summed E-state index contributed by atoms with van der Waals surface area (Å²) in [6.07, 6.45) is 10.2. The van der Waals surface area contributed by atoms with Crippen molar-refractivity contribution >= 4 is 45.7 Å². The van der Waals surface area contributed by atoms with Gasteiger partial charge in [-0.25, -0.2) is 4.79 Å². The molecular formula is C63H94ClN5O5. The maximum absolute atomic E-state index is 14.6. The number of carbonyl (C=O) groups excluding carboxylic acids is 3. The second kappa shape index (κ2) is 29.5. The molecule has 2 atom stereocenters. The number of aryl methyl sites for hydroxylation is 3. The van der Waals surface area contributed by atoms with E-state index in [9.17, 15) is 19.5 Å². The Bertz CT molecular complexity index is 2540. The van der Waals surface area contributed by atoms with E-state index in [-0.39, 0.29) is 11.9 Å². The number of unbranched alkanes of at least 4 members (excludes halogenated alkanes) is 2. The number of nitrogens with one attached hydrogen (secondary N) is 1. The van der Waals surface area contributed by atoms with Crippen molar-refractivity contribution in [1.29, 1.82) is 0 Å². The summed E-state index contributed by atoms with van der Waals surface area (Å²) in [6, 6.07) is 18.9.